The van der Waals surface area contributed by atoms with Gasteiger partial charge < -0.3 is 24.1 Å². The highest BCUT2D eigenvalue weighted by Crippen LogP contribution is 2.31. The van der Waals surface area contributed by atoms with Crippen molar-refractivity contribution < 1.29 is 23.5 Å². The van der Waals surface area contributed by atoms with Crippen LogP contribution in [0.15, 0.2) is 65.2 Å². The number of rotatable bonds is 9. The fourth-order valence-electron chi connectivity index (χ4n) is 3.42. The minimum atomic E-state index is -0.643. The molecular formula is C25H25N3O5. The van der Waals surface area contributed by atoms with Crippen LogP contribution in [0, 0.1) is 0 Å². The van der Waals surface area contributed by atoms with Gasteiger partial charge in [-0.2, -0.15) is 4.98 Å². The molecule has 0 spiro atoms. The van der Waals surface area contributed by atoms with Crippen LogP contribution in [0.2, 0.25) is 0 Å². The quantitative estimate of drug-likeness (QED) is 0.407. The number of methoxy groups -OCH3 is 2. The molecule has 0 saturated carbocycles. The molecule has 4 aromatic rings. The molecule has 0 aliphatic rings. The molecule has 3 aromatic carbocycles. The highest BCUT2D eigenvalue weighted by Gasteiger charge is 2.20. The lowest BCUT2D eigenvalue weighted by molar-refractivity contribution is -0.128. The van der Waals surface area contributed by atoms with E-state index in [9.17, 15) is 4.79 Å². The van der Waals surface area contributed by atoms with Crippen molar-refractivity contribution in [3.8, 4) is 28.6 Å². The number of aromatic nitrogens is 2. The van der Waals surface area contributed by atoms with Crippen molar-refractivity contribution in [3.05, 3.63) is 66.6 Å². The van der Waals surface area contributed by atoms with E-state index in [2.05, 4.69) is 15.5 Å². The van der Waals surface area contributed by atoms with E-state index in [-0.39, 0.29) is 18.3 Å². The van der Waals surface area contributed by atoms with Crippen molar-refractivity contribution in [2.24, 2.45) is 0 Å². The summed E-state index contributed by atoms with van der Waals surface area (Å²) in [5.41, 5.74) is 0.658. The Hall–Kier alpha value is -4.07. The van der Waals surface area contributed by atoms with E-state index < -0.39 is 6.10 Å². The number of hydrogen-bond acceptors (Lipinski definition) is 7. The number of carbonyl (C=O) groups excluding carboxylic acids is 1. The first kappa shape index (κ1) is 22.1. The molecule has 0 radical (unpaired) electrons. The smallest absolute Gasteiger partial charge is 0.261 e. The first-order valence-corrected chi connectivity index (χ1v) is 10.6. The van der Waals surface area contributed by atoms with Crippen LogP contribution in [-0.2, 0) is 11.3 Å². The van der Waals surface area contributed by atoms with Gasteiger partial charge >= 0.3 is 0 Å². The Bertz CT molecular complexity index is 1250. The van der Waals surface area contributed by atoms with E-state index in [0.29, 0.717) is 35.1 Å². The highest BCUT2D eigenvalue weighted by atomic mass is 16.5. The maximum atomic E-state index is 12.7. The zero-order valence-corrected chi connectivity index (χ0v) is 18.7. The minimum absolute atomic E-state index is 0.0852. The maximum absolute atomic E-state index is 12.7. The predicted octanol–water partition coefficient (Wildman–Crippen LogP) is 4.38. The van der Waals surface area contributed by atoms with Crippen LogP contribution in [0.5, 0.6) is 17.2 Å². The molecule has 0 saturated heterocycles. The molecule has 8 heteroatoms. The van der Waals surface area contributed by atoms with Crippen LogP contribution in [0.25, 0.3) is 22.2 Å². The summed E-state index contributed by atoms with van der Waals surface area (Å²) in [7, 11) is 3.14. The molecule has 1 heterocycles. The van der Waals surface area contributed by atoms with Gasteiger partial charge in [0.1, 0.15) is 17.2 Å². The Morgan fingerprint density at radius 2 is 1.79 bits per heavy atom. The van der Waals surface area contributed by atoms with Gasteiger partial charge in [-0.3, -0.25) is 4.79 Å². The second-order valence-corrected chi connectivity index (χ2v) is 7.32. The summed E-state index contributed by atoms with van der Waals surface area (Å²) in [6.45, 7) is 1.98. The van der Waals surface area contributed by atoms with Gasteiger partial charge in [0.15, 0.2) is 6.10 Å². The second-order valence-electron chi connectivity index (χ2n) is 7.32. The zero-order chi connectivity index (χ0) is 23.2. The minimum Gasteiger partial charge on any atom is -0.497 e. The Labute approximate surface area is 191 Å². The van der Waals surface area contributed by atoms with E-state index in [1.165, 1.54) is 0 Å². The molecule has 0 bridgehead atoms. The van der Waals surface area contributed by atoms with Gasteiger partial charge in [0.25, 0.3) is 5.91 Å². The first-order chi connectivity index (χ1) is 16.1. The predicted molar refractivity (Wildman–Crippen MR) is 123 cm³/mol. The summed E-state index contributed by atoms with van der Waals surface area (Å²) in [6.07, 6.45) is -0.133. The SMILES string of the molecule is CC[C@@H](Oc1ccc2ccccc2c1)C(=O)NCc1nc(-c2ccc(OC)cc2OC)no1. The Morgan fingerprint density at radius 3 is 2.55 bits per heavy atom. The van der Waals surface area contributed by atoms with Crippen molar-refractivity contribution in [1.82, 2.24) is 15.5 Å². The Balaban J connectivity index is 1.40. The molecular weight excluding hydrogens is 422 g/mol. The van der Waals surface area contributed by atoms with E-state index >= 15 is 0 Å². The van der Waals surface area contributed by atoms with Crippen molar-refractivity contribution >= 4 is 16.7 Å². The van der Waals surface area contributed by atoms with E-state index in [1.807, 2.05) is 49.4 Å². The third-order valence-electron chi connectivity index (χ3n) is 5.19. The summed E-state index contributed by atoms with van der Waals surface area (Å²) in [6, 6.07) is 19.1. The summed E-state index contributed by atoms with van der Waals surface area (Å²) in [4.78, 5) is 17.1. The summed E-state index contributed by atoms with van der Waals surface area (Å²) in [5, 5.41) is 8.98. The van der Waals surface area contributed by atoms with Crippen molar-refractivity contribution in [3.63, 3.8) is 0 Å². The molecule has 4 rings (SSSR count). The van der Waals surface area contributed by atoms with Gasteiger partial charge in [-0.25, -0.2) is 0 Å². The van der Waals surface area contributed by atoms with Crippen LogP contribution < -0.4 is 19.5 Å². The standard InChI is InChI=1S/C25H25N3O5/c1-4-21(32-19-10-9-16-7-5-6-8-17(16)13-19)25(29)26-15-23-27-24(28-33-23)20-12-11-18(30-2)14-22(20)31-3/h5-14,21H,4,15H2,1-3H3,(H,26,29)/t21-/m1/s1. The second kappa shape index (κ2) is 10.0. The van der Waals surface area contributed by atoms with Gasteiger partial charge in [0.2, 0.25) is 11.7 Å². The molecule has 8 nitrogen and oxygen atoms in total. The number of carbonyl (C=O) groups is 1. The number of amides is 1. The fraction of sp³-hybridized carbons (Fsp3) is 0.240. The molecule has 1 atom stereocenters. The molecule has 33 heavy (non-hydrogen) atoms. The molecule has 0 unspecified atom stereocenters. The number of nitrogens with zero attached hydrogens (tertiary/aromatic N) is 2. The lowest BCUT2D eigenvalue weighted by Gasteiger charge is -2.17. The summed E-state index contributed by atoms with van der Waals surface area (Å²) < 4.78 is 21.8. The van der Waals surface area contributed by atoms with E-state index in [0.717, 1.165) is 10.8 Å². The summed E-state index contributed by atoms with van der Waals surface area (Å²) in [5.74, 6) is 2.23. The lowest BCUT2D eigenvalue weighted by atomic mass is 10.1. The molecule has 0 aliphatic carbocycles. The number of benzene rings is 3. The zero-order valence-electron chi connectivity index (χ0n) is 18.7. The molecule has 0 aliphatic heterocycles. The molecule has 1 N–H and O–H groups in total. The van der Waals surface area contributed by atoms with E-state index in [4.69, 9.17) is 18.7 Å². The van der Waals surface area contributed by atoms with Crippen LogP contribution in [0.4, 0.5) is 0 Å². The monoisotopic (exact) mass is 447 g/mol. The molecule has 1 aromatic heterocycles. The number of nitrogens with one attached hydrogen (secondary N) is 1. The number of ether oxygens (including phenoxy) is 3. The van der Waals surface area contributed by atoms with E-state index in [1.54, 1.807) is 32.4 Å². The van der Waals surface area contributed by atoms with Crippen molar-refractivity contribution in [2.75, 3.05) is 14.2 Å². The maximum Gasteiger partial charge on any atom is 0.261 e. The van der Waals surface area contributed by atoms with Crippen molar-refractivity contribution in [2.45, 2.75) is 26.0 Å². The van der Waals surface area contributed by atoms with Crippen LogP contribution >= 0.6 is 0 Å². The summed E-state index contributed by atoms with van der Waals surface area (Å²) >= 11 is 0. The lowest BCUT2D eigenvalue weighted by Crippen LogP contribution is -2.37. The highest BCUT2D eigenvalue weighted by molar-refractivity contribution is 5.84. The third-order valence-corrected chi connectivity index (χ3v) is 5.19. The molecule has 0 fully saturated rings. The van der Waals surface area contributed by atoms with Gasteiger partial charge in [-0.05, 0) is 41.5 Å². The average Bonchev–Trinajstić information content (AvgIpc) is 3.34. The van der Waals surface area contributed by atoms with Gasteiger partial charge in [-0.1, -0.05) is 42.4 Å². The topological polar surface area (TPSA) is 95.7 Å². The van der Waals surface area contributed by atoms with Crippen LogP contribution in [0.1, 0.15) is 19.2 Å². The molecule has 170 valence electrons. The van der Waals surface area contributed by atoms with Gasteiger partial charge in [-0.15, -0.1) is 0 Å². The number of hydrogen-bond donors (Lipinski definition) is 1. The fourth-order valence-corrected chi connectivity index (χ4v) is 3.42. The Kier molecular flexibility index (Phi) is 6.73. The Morgan fingerprint density at radius 1 is 1.00 bits per heavy atom. The normalized spacial score (nSPS) is 11.7. The largest absolute Gasteiger partial charge is 0.497 e. The average molecular weight is 447 g/mol. The van der Waals surface area contributed by atoms with Gasteiger partial charge in [0.05, 0.1) is 26.3 Å². The number of fused-ring (bicyclic) bond motifs is 1. The third kappa shape index (κ3) is 5.06. The van der Waals surface area contributed by atoms with Crippen LogP contribution in [-0.4, -0.2) is 36.4 Å². The first-order valence-electron chi connectivity index (χ1n) is 10.6. The van der Waals surface area contributed by atoms with Crippen LogP contribution in [0.3, 0.4) is 0 Å². The molecule has 1 amide bonds. The van der Waals surface area contributed by atoms with Gasteiger partial charge in [0, 0.05) is 6.07 Å². The van der Waals surface area contributed by atoms with Crippen molar-refractivity contribution in [1.29, 1.82) is 0 Å².